The molecule has 206 valence electrons. The van der Waals surface area contributed by atoms with Crippen LogP contribution in [0.1, 0.15) is 12.5 Å². The second-order valence-corrected chi connectivity index (χ2v) is 9.97. The van der Waals surface area contributed by atoms with Crippen molar-refractivity contribution in [2.24, 2.45) is 5.10 Å². The number of nitrogens with one attached hydrogen (secondary N) is 1. The molecule has 41 heavy (non-hydrogen) atoms. The summed E-state index contributed by atoms with van der Waals surface area (Å²) < 4.78 is 12.5. The Hall–Kier alpha value is -4.89. The number of hydrogen-bond acceptors (Lipinski definition) is 7. The molecule has 8 nitrogen and oxygen atoms in total. The van der Waals surface area contributed by atoms with Gasteiger partial charge in [0.05, 0.1) is 25.7 Å². The summed E-state index contributed by atoms with van der Waals surface area (Å²) in [6.45, 7) is 1.87. The molecular weight excluding hydrogens is 534 g/mol. The molecule has 1 heterocycles. The topological polar surface area (TPSA) is 90.6 Å². The van der Waals surface area contributed by atoms with Gasteiger partial charge in [-0.05, 0) is 72.1 Å². The molecule has 0 aliphatic carbocycles. The summed E-state index contributed by atoms with van der Waals surface area (Å²) in [6.07, 6.45) is 0. The van der Waals surface area contributed by atoms with Crippen LogP contribution < -0.4 is 14.9 Å². The number of nitrogens with zero attached hydrogens (tertiary/aromatic N) is 4. The number of ether oxygens (including phenoxy) is 2. The normalized spacial score (nSPS) is 11.2. The minimum atomic E-state index is -0.245. The lowest BCUT2D eigenvalue weighted by Gasteiger charge is -2.11. The van der Waals surface area contributed by atoms with Gasteiger partial charge >= 0.3 is 0 Å². The fourth-order valence-electron chi connectivity index (χ4n) is 4.16. The smallest absolute Gasteiger partial charge is 0.250 e. The number of aromatic nitrogens is 3. The summed E-state index contributed by atoms with van der Waals surface area (Å²) in [5.74, 6) is 2.00. The minimum Gasteiger partial charge on any atom is -0.497 e. The van der Waals surface area contributed by atoms with Crippen LogP contribution in [0.4, 0.5) is 0 Å². The van der Waals surface area contributed by atoms with Crippen molar-refractivity contribution in [3.63, 3.8) is 0 Å². The van der Waals surface area contributed by atoms with Gasteiger partial charge in [0.25, 0.3) is 5.91 Å². The summed E-state index contributed by atoms with van der Waals surface area (Å²) in [5.41, 5.74) is 8.29. The molecule has 0 unspecified atom stereocenters. The molecule has 1 N–H and O–H groups in total. The van der Waals surface area contributed by atoms with Gasteiger partial charge in [0, 0.05) is 11.3 Å². The number of benzene rings is 4. The van der Waals surface area contributed by atoms with Crippen LogP contribution in [-0.4, -0.2) is 46.4 Å². The molecule has 0 radical (unpaired) electrons. The van der Waals surface area contributed by atoms with E-state index in [2.05, 4.69) is 32.9 Å². The van der Waals surface area contributed by atoms with Crippen molar-refractivity contribution in [3.8, 4) is 39.7 Å². The number of amides is 1. The Morgan fingerprint density at radius 1 is 0.780 bits per heavy atom. The Labute approximate surface area is 243 Å². The molecular formula is C32H29N5O3S. The fourth-order valence-corrected chi connectivity index (χ4v) is 4.91. The van der Waals surface area contributed by atoms with E-state index in [1.165, 1.54) is 11.8 Å². The standard InChI is InChI=1S/C32H29N5O3S/c1-22(23-9-11-25(12-10-23)24-7-5-4-6-8-24)33-34-30(38)21-41-32-36-35-31(26-13-17-28(39-2)18-14-26)37(32)27-15-19-29(40-3)20-16-27/h4-20H,21H2,1-3H3,(H,34,38)/b33-22+. The lowest BCUT2D eigenvalue weighted by molar-refractivity contribution is -0.118. The van der Waals surface area contributed by atoms with E-state index in [9.17, 15) is 4.79 Å². The van der Waals surface area contributed by atoms with Crippen molar-refractivity contribution in [2.45, 2.75) is 12.1 Å². The molecule has 5 rings (SSSR count). The van der Waals surface area contributed by atoms with Crippen LogP contribution in [0.5, 0.6) is 11.5 Å². The van der Waals surface area contributed by atoms with Gasteiger partial charge in [-0.15, -0.1) is 10.2 Å². The van der Waals surface area contributed by atoms with Gasteiger partial charge in [-0.1, -0.05) is 66.4 Å². The van der Waals surface area contributed by atoms with Crippen molar-refractivity contribution in [1.82, 2.24) is 20.2 Å². The summed E-state index contributed by atoms with van der Waals surface area (Å²) in [5, 5.41) is 13.7. The van der Waals surface area contributed by atoms with E-state index in [1.807, 2.05) is 102 Å². The third kappa shape index (κ3) is 6.64. The number of hydrogen-bond donors (Lipinski definition) is 1. The van der Waals surface area contributed by atoms with Gasteiger partial charge < -0.3 is 9.47 Å². The molecule has 1 aromatic heterocycles. The monoisotopic (exact) mass is 563 g/mol. The second-order valence-electron chi connectivity index (χ2n) is 9.03. The third-order valence-electron chi connectivity index (χ3n) is 6.40. The number of thioether (sulfide) groups is 1. The quantitative estimate of drug-likeness (QED) is 0.123. The van der Waals surface area contributed by atoms with E-state index in [-0.39, 0.29) is 11.7 Å². The molecule has 5 aromatic rings. The van der Waals surface area contributed by atoms with Crippen molar-refractivity contribution in [3.05, 3.63) is 109 Å². The third-order valence-corrected chi connectivity index (χ3v) is 7.33. The zero-order valence-corrected chi connectivity index (χ0v) is 23.8. The largest absolute Gasteiger partial charge is 0.497 e. The number of carbonyl (C=O) groups is 1. The maximum absolute atomic E-state index is 12.7. The molecule has 9 heteroatoms. The summed E-state index contributed by atoms with van der Waals surface area (Å²) >= 11 is 1.28. The highest BCUT2D eigenvalue weighted by Crippen LogP contribution is 2.30. The van der Waals surface area contributed by atoms with Crippen LogP contribution >= 0.6 is 11.8 Å². The molecule has 0 aliphatic heterocycles. The van der Waals surface area contributed by atoms with Gasteiger partial charge in [-0.3, -0.25) is 9.36 Å². The molecule has 0 saturated heterocycles. The Bertz CT molecular complexity index is 1630. The van der Waals surface area contributed by atoms with Crippen LogP contribution in [-0.2, 0) is 4.79 Å². The van der Waals surface area contributed by atoms with Gasteiger partial charge in [0.15, 0.2) is 11.0 Å². The van der Waals surface area contributed by atoms with Gasteiger partial charge in [-0.25, -0.2) is 5.43 Å². The zero-order valence-electron chi connectivity index (χ0n) is 22.9. The van der Waals surface area contributed by atoms with Crippen molar-refractivity contribution >= 4 is 23.4 Å². The lowest BCUT2D eigenvalue weighted by Crippen LogP contribution is -2.21. The maximum Gasteiger partial charge on any atom is 0.250 e. The highest BCUT2D eigenvalue weighted by Gasteiger charge is 2.18. The predicted octanol–water partition coefficient (Wildman–Crippen LogP) is 6.25. The van der Waals surface area contributed by atoms with Crippen LogP contribution in [0.25, 0.3) is 28.2 Å². The molecule has 4 aromatic carbocycles. The number of rotatable bonds is 10. The predicted molar refractivity (Wildman–Crippen MR) is 163 cm³/mol. The van der Waals surface area contributed by atoms with E-state index < -0.39 is 0 Å². The van der Waals surface area contributed by atoms with E-state index in [0.29, 0.717) is 16.7 Å². The maximum atomic E-state index is 12.7. The lowest BCUT2D eigenvalue weighted by atomic mass is 10.0. The van der Waals surface area contributed by atoms with Crippen LogP contribution in [0, 0.1) is 0 Å². The minimum absolute atomic E-state index is 0.112. The van der Waals surface area contributed by atoms with E-state index in [4.69, 9.17) is 9.47 Å². The molecule has 0 saturated carbocycles. The SMILES string of the molecule is COc1ccc(-c2nnc(SCC(=O)N/N=C(\C)c3ccc(-c4ccccc4)cc3)n2-c2ccc(OC)cc2)cc1. The first-order valence-electron chi connectivity index (χ1n) is 12.9. The van der Waals surface area contributed by atoms with E-state index >= 15 is 0 Å². The number of hydrazone groups is 1. The van der Waals surface area contributed by atoms with Gasteiger partial charge in [-0.2, -0.15) is 5.10 Å². The Morgan fingerprint density at radius 3 is 2.00 bits per heavy atom. The summed E-state index contributed by atoms with van der Waals surface area (Å²) in [7, 11) is 3.25. The molecule has 0 atom stereocenters. The van der Waals surface area contributed by atoms with E-state index in [1.54, 1.807) is 14.2 Å². The first-order valence-corrected chi connectivity index (χ1v) is 13.9. The highest BCUT2D eigenvalue weighted by molar-refractivity contribution is 7.99. The molecule has 0 bridgehead atoms. The fraction of sp³-hybridized carbons (Fsp3) is 0.125. The summed E-state index contributed by atoms with van der Waals surface area (Å²) in [6, 6.07) is 33.5. The Morgan fingerprint density at radius 2 is 1.37 bits per heavy atom. The van der Waals surface area contributed by atoms with Crippen molar-refractivity contribution < 1.29 is 14.3 Å². The van der Waals surface area contributed by atoms with Crippen molar-refractivity contribution in [2.75, 3.05) is 20.0 Å². The van der Waals surface area contributed by atoms with Crippen LogP contribution in [0.15, 0.2) is 113 Å². The Balaban J connectivity index is 1.29. The molecule has 0 spiro atoms. The number of carbonyl (C=O) groups excluding carboxylic acids is 1. The average molecular weight is 564 g/mol. The molecule has 0 fully saturated rings. The number of methoxy groups -OCH3 is 2. The second kappa shape index (κ2) is 13.0. The first kappa shape index (κ1) is 27.7. The molecule has 1 amide bonds. The highest BCUT2D eigenvalue weighted by atomic mass is 32.2. The average Bonchev–Trinajstić information content (AvgIpc) is 3.47. The molecule has 0 aliphatic rings. The first-order chi connectivity index (χ1) is 20.1. The van der Waals surface area contributed by atoms with Gasteiger partial charge in [0.1, 0.15) is 11.5 Å². The van der Waals surface area contributed by atoms with E-state index in [0.717, 1.165) is 39.4 Å². The zero-order chi connectivity index (χ0) is 28.6. The summed E-state index contributed by atoms with van der Waals surface area (Å²) in [4.78, 5) is 12.7. The van der Waals surface area contributed by atoms with Crippen LogP contribution in [0.3, 0.4) is 0 Å². The van der Waals surface area contributed by atoms with Crippen LogP contribution in [0.2, 0.25) is 0 Å². The van der Waals surface area contributed by atoms with Gasteiger partial charge in [0.2, 0.25) is 0 Å². The Kier molecular flexibility index (Phi) is 8.76. The van der Waals surface area contributed by atoms with Crippen molar-refractivity contribution in [1.29, 1.82) is 0 Å².